The molecule has 1 aromatic heterocycles. The number of Topliss-reactive ketones (excluding diaryl/α,β-unsaturated/α-hetero) is 1. The second-order valence-corrected chi connectivity index (χ2v) is 4.65. The number of aromatic nitrogens is 2. The average molecular weight is 297 g/mol. The summed E-state index contributed by atoms with van der Waals surface area (Å²) < 4.78 is 15.3. The summed E-state index contributed by atoms with van der Waals surface area (Å²) in [5.74, 6) is -0.576. The minimum Gasteiger partial charge on any atom is -0.294 e. The van der Waals surface area contributed by atoms with E-state index >= 15 is 0 Å². The second kappa shape index (κ2) is 4.79. The summed E-state index contributed by atoms with van der Waals surface area (Å²) >= 11 is 3.16. The summed E-state index contributed by atoms with van der Waals surface area (Å²) in [4.78, 5) is 11.9. The Labute approximate surface area is 106 Å². The van der Waals surface area contributed by atoms with Gasteiger partial charge in [0.15, 0.2) is 5.78 Å². The van der Waals surface area contributed by atoms with E-state index in [2.05, 4.69) is 21.0 Å². The van der Waals surface area contributed by atoms with Crippen LogP contribution < -0.4 is 0 Å². The topological polar surface area (TPSA) is 34.9 Å². The maximum Gasteiger partial charge on any atom is 0.169 e. The van der Waals surface area contributed by atoms with Gasteiger partial charge in [0.05, 0.1) is 12.1 Å². The number of hydrogen-bond donors (Lipinski definition) is 0. The highest BCUT2D eigenvalue weighted by molar-refractivity contribution is 9.10. The van der Waals surface area contributed by atoms with E-state index in [0.717, 1.165) is 0 Å². The van der Waals surface area contributed by atoms with Gasteiger partial charge in [-0.25, -0.2) is 4.39 Å². The monoisotopic (exact) mass is 296 g/mol. The Balaban J connectivity index is 2.19. The first kappa shape index (κ1) is 12.0. The van der Waals surface area contributed by atoms with Crippen molar-refractivity contribution in [1.82, 2.24) is 9.78 Å². The first-order chi connectivity index (χ1) is 8.04. The molecule has 0 saturated carbocycles. The highest BCUT2D eigenvalue weighted by Crippen LogP contribution is 2.16. The fourth-order valence-corrected chi connectivity index (χ4v) is 2.00. The summed E-state index contributed by atoms with van der Waals surface area (Å²) in [6.07, 6.45) is 1.95. The number of hydrogen-bond acceptors (Lipinski definition) is 2. The van der Waals surface area contributed by atoms with Gasteiger partial charge in [0, 0.05) is 23.3 Å². The van der Waals surface area contributed by atoms with Crippen LogP contribution in [0.2, 0.25) is 0 Å². The number of benzene rings is 1. The number of carbonyl (C=O) groups is 1. The molecule has 2 rings (SSSR count). The number of aryl methyl sites for hydroxylation is 1. The lowest BCUT2D eigenvalue weighted by Gasteiger charge is -2.00. The molecule has 0 spiro atoms. The molecule has 0 fully saturated rings. The van der Waals surface area contributed by atoms with Crippen LogP contribution in [0, 0.1) is 5.82 Å². The Morgan fingerprint density at radius 1 is 1.47 bits per heavy atom. The van der Waals surface area contributed by atoms with Crippen LogP contribution in [-0.4, -0.2) is 15.6 Å². The smallest absolute Gasteiger partial charge is 0.169 e. The van der Waals surface area contributed by atoms with Gasteiger partial charge in [0.25, 0.3) is 0 Å². The molecule has 0 atom stereocenters. The summed E-state index contributed by atoms with van der Waals surface area (Å²) in [6.45, 7) is 0. The Morgan fingerprint density at radius 3 is 2.82 bits per heavy atom. The Morgan fingerprint density at radius 2 is 2.24 bits per heavy atom. The molecule has 88 valence electrons. The van der Waals surface area contributed by atoms with E-state index in [0.29, 0.717) is 15.7 Å². The van der Waals surface area contributed by atoms with E-state index in [-0.39, 0.29) is 12.2 Å². The van der Waals surface area contributed by atoms with Gasteiger partial charge < -0.3 is 0 Å². The van der Waals surface area contributed by atoms with E-state index in [9.17, 15) is 9.18 Å². The van der Waals surface area contributed by atoms with E-state index in [1.807, 2.05) is 0 Å². The van der Waals surface area contributed by atoms with Crippen molar-refractivity contribution in [2.75, 3.05) is 0 Å². The van der Waals surface area contributed by atoms with Gasteiger partial charge in [-0.05, 0) is 24.3 Å². The van der Waals surface area contributed by atoms with Crippen molar-refractivity contribution in [2.24, 2.45) is 7.05 Å². The molecule has 0 N–H and O–H groups in total. The van der Waals surface area contributed by atoms with Crippen LogP contribution in [-0.2, 0) is 13.5 Å². The minimum absolute atomic E-state index is 0.149. The van der Waals surface area contributed by atoms with Crippen molar-refractivity contribution < 1.29 is 9.18 Å². The normalized spacial score (nSPS) is 10.5. The molecule has 1 aromatic carbocycles. The molecule has 0 amide bonds. The van der Waals surface area contributed by atoms with Gasteiger partial charge >= 0.3 is 0 Å². The van der Waals surface area contributed by atoms with Crippen LogP contribution >= 0.6 is 15.9 Å². The lowest BCUT2D eigenvalue weighted by molar-refractivity contribution is 0.0991. The first-order valence-electron chi connectivity index (χ1n) is 5.02. The van der Waals surface area contributed by atoms with E-state index in [1.54, 1.807) is 30.1 Å². The summed E-state index contributed by atoms with van der Waals surface area (Å²) in [6, 6.07) is 5.92. The van der Waals surface area contributed by atoms with Crippen molar-refractivity contribution >= 4 is 21.7 Å². The minimum atomic E-state index is -0.427. The fraction of sp³-hybridized carbons (Fsp3) is 0.167. The van der Waals surface area contributed by atoms with E-state index in [4.69, 9.17) is 0 Å². The highest BCUT2D eigenvalue weighted by atomic mass is 79.9. The molecule has 0 saturated heterocycles. The zero-order chi connectivity index (χ0) is 12.4. The van der Waals surface area contributed by atoms with Gasteiger partial charge in [-0.1, -0.05) is 15.9 Å². The lowest BCUT2D eigenvalue weighted by atomic mass is 10.1. The van der Waals surface area contributed by atoms with Crippen molar-refractivity contribution in [2.45, 2.75) is 6.42 Å². The molecule has 0 bridgehead atoms. The van der Waals surface area contributed by atoms with Gasteiger partial charge in [0.1, 0.15) is 5.82 Å². The third-order valence-electron chi connectivity index (χ3n) is 2.30. The zero-order valence-electron chi connectivity index (χ0n) is 9.15. The number of rotatable bonds is 3. The van der Waals surface area contributed by atoms with Gasteiger partial charge in [-0.2, -0.15) is 5.10 Å². The first-order valence-corrected chi connectivity index (χ1v) is 5.82. The van der Waals surface area contributed by atoms with Crippen molar-refractivity contribution in [3.8, 4) is 0 Å². The van der Waals surface area contributed by atoms with Gasteiger partial charge in [-0.15, -0.1) is 0 Å². The summed E-state index contributed by atoms with van der Waals surface area (Å²) in [7, 11) is 1.78. The zero-order valence-corrected chi connectivity index (χ0v) is 10.7. The molecule has 0 aliphatic carbocycles. The van der Waals surface area contributed by atoms with Crippen molar-refractivity contribution in [3.05, 3.63) is 52.0 Å². The third kappa shape index (κ3) is 3.00. The predicted molar refractivity (Wildman–Crippen MR) is 65.3 cm³/mol. The van der Waals surface area contributed by atoms with Crippen LogP contribution in [0.1, 0.15) is 16.1 Å². The maximum absolute atomic E-state index is 13.1. The Hall–Kier alpha value is -1.49. The molecule has 0 radical (unpaired) electrons. The standard InChI is InChI=1S/C12H10BrFN2O/c1-16-3-2-11(15-16)7-12(17)8-4-9(13)6-10(14)5-8/h2-6H,7H2,1H3. The molecule has 5 heteroatoms. The Bertz CT molecular complexity index is 545. The number of ketones is 1. The van der Waals surface area contributed by atoms with Crippen LogP contribution in [0.25, 0.3) is 0 Å². The number of carbonyl (C=O) groups excluding carboxylic acids is 1. The SMILES string of the molecule is Cn1ccc(CC(=O)c2cc(F)cc(Br)c2)n1. The maximum atomic E-state index is 13.1. The summed E-state index contributed by atoms with van der Waals surface area (Å²) in [5.41, 5.74) is 1.03. The largest absolute Gasteiger partial charge is 0.294 e. The summed E-state index contributed by atoms with van der Waals surface area (Å²) in [5, 5.41) is 4.11. The van der Waals surface area contributed by atoms with Gasteiger partial charge in [-0.3, -0.25) is 9.48 Å². The van der Waals surface area contributed by atoms with Gasteiger partial charge in [0.2, 0.25) is 0 Å². The van der Waals surface area contributed by atoms with Crippen LogP contribution in [0.5, 0.6) is 0 Å². The molecule has 0 aliphatic rings. The average Bonchev–Trinajstić information content (AvgIpc) is 2.62. The van der Waals surface area contributed by atoms with Crippen molar-refractivity contribution in [1.29, 1.82) is 0 Å². The molecular formula is C12H10BrFN2O. The Kier molecular flexibility index (Phi) is 3.38. The molecule has 0 unspecified atom stereocenters. The lowest BCUT2D eigenvalue weighted by Crippen LogP contribution is -2.05. The number of nitrogens with zero attached hydrogens (tertiary/aromatic N) is 2. The van der Waals surface area contributed by atoms with E-state index in [1.165, 1.54) is 12.1 Å². The molecule has 3 nitrogen and oxygen atoms in total. The molecule has 17 heavy (non-hydrogen) atoms. The molecule has 1 heterocycles. The van der Waals surface area contributed by atoms with Crippen LogP contribution in [0.3, 0.4) is 0 Å². The highest BCUT2D eigenvalue weighted by Gasteiger charge is 2.10. The second-order valence-electron chi connectivity index (χ2n) is 3.74. The van der Waals surface area contributed by atoms with Crippen LogP contribution in [0.4, 0.5) is 4.39 Å². The van der Waals surface area contributed by atoms with Crippen molar-refractivity contribution in [3.63, 3.8) is 0 Å². The third-order valence-corrected chi connectivity index (χ3v) is 2.75. The molecule has 0 aliphatic heterocycles. The quantitative estimate of drug-likeness (QED) is 0.817. The number of halogens is 2. The molecule has 2 aromatic rings. The van der Waals surface area contributed by atoms with E-state index < -0.39 is 5.82 Å². The fourth-order valence-electron chi connectivity index (χ4n) is 1.54. The molecular weight excluding hydrogens is 287 g/mol. The predicted octanol–water partition coefficient (Wildman–Crippen LogP) is 2.75. The van der Waals surface area contributed by atoms with Crippen LogP contribution in [0.15, 0.2) is 34.9 Å².